The maximum atomic E-state index is 12.8. The second-order valence-corrected chi connectivity index (χ2v) is 3.18. The van der Waals surface area contributed by atoms with Crippen molar-refractivity contribution in [1.82, 2.24) is 0 Å². The van der Waals surface area contributed by atoms with Crippen LogP contribution in [-0.2, 0) is 4.74 Å². The van der Waals surface area contributed by atoms with Crippen LogP contribution in [0.2, 0.25) is 0 Å². The van der Waals surface area contributed by atoms with E-state index >= 15 is 0 Å². The molecular formula is C11H12F2O2. The van der Waals surface area contributed by atoms with E-state index < -0.39 is 11.6 Å². The molecule has 0 atom stereocenters. The van der Waals surface area contributed by atoms with Gasteiger partial charge in [-0.1, -0.05) is 0 Å². The Hall–Kier alpha value is -1.29. The Morgan fingerprint density at radius 3 is 2.40 bits per heavy atom. The molecule has 0 heterocycles. The molecule has 1 aromatic rings. The van der Waals surface area contributed by atoms with Gasteiger partial charge in [-0.3, -0.25) is 4.79 Å². The molecule has 0 aliphatic carbocycles. The lowest BCUT2D eigenvalue weighted by Crippen LogP contribution is -2.02. The number of benzene rings is 1. The van der Waals surface area contributed by atoms with Crippen molar-refractivity contribution < 1.29 is 18.3 Å². The van der Waals surface area contributed by atoms with Gasteiger partial charge in [-0.2, -0.15) is 0 Å². The summed E-state index contributed by atoms with van der Waals surface area (Å²) in [5, 5.41) is 0. The first kappa shape index (κ1) is 11.8. The molecule has 0 unspecified atom stereocenters. The van der Waals surface area contributed by atoms with Crippen LogP contribution in [0.3, 0.4) is 0 Å². The molecule has 0 bridgehead atoms. The quantitative estimate of drug-likeness (QED) is 0.556. The summed E-state index contributed by atoms with van der Waals surface area (Å²) in [4.78, 5) is 11.4. The van der Waals surface area contributed by atoms with E-state index in [4.69, 9.17) is 4.74 Å². The average Bonchev–Trinajstić information content (AvgIpc) is 2.16. The smallest absolute Gasteiger partial charge is 0.163 e. The molecule has 0 saturated heterocycles. The van der Waals surface area contributed by atoms with Crippen molar-refractivity contribution in [2.24, 2.45) is 0 Å². The molecule has 0 fully saturated rings. The Labute approximate surface area is 86.9 Å². The third kappa shape index (κ3) is 3.75. The van der Waals surface area contributed by atoms with Gasteiger partial charge in [-0.05, 0) is 18.6 Å². The van der Waals surface area contributed by atoms with E-state index in [9.17, 15) is 13.6 Å². The van der Waals surface area contributed by atoms with E-state index in [2.05, 4.69) is 0 Å². The first-order valence-corrected chi connectivity index (χ1v) is 4.61. The van der Waals surface area contributed by atoms with Crippen molar-refractivity contribution in [2.45, 2.75) is 12.8 Å². The van der Waals surface area contributed by atoms with E-state index in [0.717, 1.165) is 18.2 Å². The highest BCUT2D eigenvalue weighted by atomic mass is 19.1. The van der Waals surface area contributed by atoms with Crippen molar-refractivity contribution in [3.05, 3.63) is 35.4 Å². The fourth-order valence-electron chi connectivity index (χ4n) is 1.24. The van der Waals surface area contributed by atoms with Gasteiger partial charge in [0, 0.05) is 31.8 Å². The van der Waals surface area contributed by atoms with E-state index in [1.807, 2.05) is 0 Å². The van der Waals surface area contributed by atoms with Crippen LogP contribution in [0.5, 0.6) is 0 Å². The number of carbonyl (C=O) groups excluding carboxylic acids is 1. The maximum absolute atomic E-state index is 12.8. The number of methoxy groups -OCH3 is 1. The zero-order chi connectivity index (χ0) is 11.3. The minimum atomic E-state index is -0.731. The predicted octanol–water partition coefficient (Wildman–Crippen LogP) is 2.57. The number of Topliss-reactive ketones (excluding diaryl/α,β-unsaturated/α-hetero) is 1. The number of halogens is 2. The highest BCUT2D eigenvalue weighted by Gasteiger charge is 2.08. The summed E-state index contributed by atoms with van der Waals surface area (Å²) in [7, 11) is 1.53. The lowest BCUT2D eigenvalue weighted by molar-refractivity contribution is 0.0962. The number of rotatable bonds is 5. The molecule has 0 aliphatic heterocycles. The van der Waals surface area contributed by atoms with Crippen LogP contribution in [0, 0.1) is 11.6 Å². The highest BCUT2D eigenvalue weighted by Crippen LogP contribution is 2.11. The van der Waals surface area contributed by atoms with E-state index in [1.54, 1.807) is 0 Å². The van der Waals surface area contributed by atoms with E-state index in [0.29, 0.717) is 13.0 Å². The monoisotopic (exact) mass is 214 g/mol. The molecule has 2 nitrogen and oxygen atoms in total. The van der Waals surface area contributed by atoms with Gasteiger partial charge in [0.25, 0.3) is 0 Å². The summed E-state index contributed by atoms with van der Waals surface area (Å²) in [5.74, 6) is -1.74. The van der Waals surface area contributed by atoms with Crippen molar-refractivity contribution in [3.8, 4) is 0 Å². The van der Waals surface area contributed by atoms with Crippen LogP contribution in [0.4, 0.5) is 8.78 Å². The first-order chi connectivity index (χ1) is 7.13. The van der Waals surface area contributed by atoms with Crippen molar-refractivity contribution >= 4 is 5.78 Å². The maximum Gasteiger partial charge on any atom is 0.163 e. The standard InChI is InChI=1S/C11H12F2O2/c1-15-4-2-3-11(14)8-5-9(12)7-10(13)6-8/h5-7H,2-4H2,1H3. The summed E-state index contributed by atoms with van der Waals surface area (Å²) >= 11 is 0. The summed E-state index contributed by atoms with van der Waals surface area (Å²) in [6.07, 6.45) is 0.782. The zero-order valence-electron chi connectivity index (χ0n) is 8.43. The van der Waals surface area contributed by atoms with Gasteiger partial charge >= 0.3 is 0 Å². The first-order valence-electron chi connectivity index (χ1n) is 4.61. The molecular weight excluding hydrogens is 202 g/mol. The number of ether oxygens (including phenoxy) is 1. The molecule has 1 rings (SSSR count). The zero-order valence-corrected chi connectivity index (χ0v) is 8.43. The van der Waals surface area contributed by atoms with E-state index in [1.165, 1.54) is 7.11 Å². The Morgan fingerprint density at radius 1 is 1.27 bits per heavy atom. The SMILES string of the molecule is COCCCC(=O)c1cc(F)cc(F)c1. The predicted molar refractivity (Wildman–Crippen MR) is 51.8 cm³/mol. The summed E-state index contributed by atoms with van der Waals surface area (Å²) in [5.41, 5.74) is 0.0728. The van der Waals surface area contributed by atoms with Crippen molar-refractivity contribution in [2.75, 3.05) is 13.7 Å². The molecule has 0 radical (unpaired) electrons. The molecule has 0 saturated carbocycles. The number of ketones is 1. The molecule has 0 spiro atoms. The van der Waals surface area contributed by atoms with Crippen LogP contribution in [0.25, 0.3) is 0 Å². The van der Waals surface area contributed by atoms with Gasteiger partial charge in [0.05, 0.1) is 0 Å². The number of hydrogen-bond acceptors (Lipinski definition) is 2. The second kappa shape index (κ2) is 5.56. The molecule has 4 heteroatoms. The minimum Gasteiger partial charge on any atom is -0.385 e. The molecule has 0 aliphatic rings. The second-order valence-electron chi connectivity index (χ2n) is 3.18. The van der Waals surface area contributed by atoms with Gasteiger partial charge in [-0.15, -0.1) is 0 Å². The summed E-state index contributed by atoms with van der Waals surface area (Å²) < 4.78 is 30.3. The largest absolute Gasteiger partial charge is 0.385 e. The van der Waals surface area contributed by atoms with Crippen LogP contribution in [0.1, 0.15) is 23.2 Å². The minimum absolute atomic E-state index is 0.0728. The summed E-state index contributed by atoms with van der Waals surface area (Å²) in [6, 6.07) is 2.82. The third-order valence-electron chi connectivity index (χ3n) is 1.94. The van der Waals surface area contributed by atoms with Crippen LogP contribution in [-0.4, -0.2) is 19.5 Å². The highest BCUT2D eigenvalue weighted by molar-refractivity contribution is 5.96. The normalized spacial score (nSPS) is 10.3. The summed E-state index contributed by atoms with van der Waals surface area (Å²) in [6.45, 7) is 0.462. The average molecular weight is 214 g/mol. The number of carbonyl (C=O) groups is 1. The molecule has 1 aromatic carbocycles. The Bertz CT molecular complexity index is 330. The fourth-order valence-corrected chi connectivity index (χ4v) is 1.24. The van der Waals surface area contributed by atoms with Crippen molar-refractivity contribution in [3.63, 3.8) is 0 Å². The van der Waals surface area contributed by atoms with Gasteiger partial charge in [0.1, 0.15) is 11.6 Å². The topological polar surface area (TPSA) is 26.3 Å². The number of hydrogen-bond donors (Lipinski definition) is 0. The molecule has 0 amide bonds. The van der Waals surface area contributed by atoms with Gasteiger partial charge in [-0.25, -0.2) is 8.78 Å². The molecule has 15 heavy (non-hydrogen) atoms. The molecule has 0 N–H and O–H groups in total. The van der Waals surface area contributed by atoms with Crippen LogP contribution in [0.15, 0.2) is 18.2 Å². The third-order valence-corrected chi connectivity index (χ3v) is 1.94. The Balaban J connectivity index is 2.65. The Kier molecular flexibility index (Phi) is 4.37. The van der Waals surface area contributed by atoms with Gasteiger partial charge in [0.15, 0.2) is 5.78 Å². The van der Waals surface area contributed by atoms with Crippen LogP contribution < -0.4 is 0 Å². The fraction of sp³-hybridized carbons (Fsp3) is 0.364. The van der Waals surface area contributed by atoms with Crippen LogP contribution >= 0.6 is 0 Å². The molecule has 82 valence electrons. The Morgan fingerprint density at radius 2 is 1.87 bits per heavy atom. The van der Waals surface area contributed by atoms with Gasteiger partial charge < -0.3 is 4.74 Å². The van der Waals surface area contributed by atoms with Gasteiger partial charge in [0.2, 0.25) is 0 Å². The lowest BCUT2D eigenvalue weighted by Gasteiger charge is -2.01. The molecule has 0 aromatic heterocycles. The van der Waals surface area contributed by atoms with E-state index in [-0.39, 0.29) is 17.8 Å². The lowest BCUT2D eigenvalue weighted by atomic mass is 10.1. The van der Waals surface area contributed by atoms with Crippen molar-refractivity contribution in [1.29, 1.82) is 0 Å².